The molecule has 0 aromatic heterocycles. The van der Waals surface area contributed by atoms with Crippen LogP contribution in [0.5, 0.6) is 0 Å². The van der Waals surface area contributed by atoms with Crippen LogP contribution >= 0.6 is 0 Å². The van der Waals surface area contributed by atoms with Gasteiger partial charge in [-0.05, 0) is 6.07 Å². The molecule has 1 aromatic carbocycles. The van der Waals surface area contributed by atoms with Crippen molar-refractivity contribution in [1.82, 2.24) is 5.06 Å². The van der Waals surface area contributed by atoms with E-state index in [-0.39, 0.29) is 31.6 Å². The molecule has 0 aliphatic carbocycles. The van der Waals surface area contributed by atoms with E-state index in [9.17, 15) is 14.3 Å². The van der Waals surface area contributed by atoms with Crippen molar-refractivity contribution in [3.05, 3.63) is 35.6 Å². The Hall–Kier alpha value is -1.50. The van der Waals surface area contributed by atoms with Crippen LogP contribution in [0, 0.1) is 11.7 Å². The number of aliphatic hydroxyl groups is 1. The molecule has 3 atom stereocenters. The van der Waals surface area contributed by atoms with Crippen LogP contribution in [0.25, 0.3) is 0 Å². The molecule has 0 bridgehead atoms. The van der Waals surface area contributed by atoms with Crippen LogP contribution in [-0.2, 0) is 19.9 Å². The second kappa shape index (κ2) is 4.80. The average molecular weight is 281 g/mol. The van der Waals surface area contributed by atoms with Crippen LogP contribution in [0.4, 0.5) is 4.39 Å². The third kappa shape index (κ3) is 1.69. The van der Waals surface area contributed by atoms with Gasteiger partial charge >= 0.3 is 0 Å². The minimum atomic E-state index is -0.995. The molecule has 0 saturated carbocycles. The molecule has 0 spiro atoms. The molecular weight excluding hydrogens is 265 g/mol. The Balaban J connectivity index is 2.13. The first-order valence-corrected chi connectivity index (χ1v) is 6.52. The number of amides is 1. The Morgan fingerprint density at radius 1 is 1.55 bits per heavy atom. The number of ether oxygens (including phenoxy) is 1. The summed E-state index contributed by atoms with van der Waals surface area (Å²) in [6.45, 7) is 1.52. The summed E-state index contributed by atoms with van der Waals surface area (Å²) in [6, 6.07) is 6.30. The zero-order valence-electron chi connectivity index (χ0n) is 11.1. The van der Waals surface area contributed by atoms with Crippen LogP contribution in [-0.4, -0.2) is 42.0 Å². The van der Waals surface area contributed by atoms with Gasteiger partial charge in [0.1, 0.15) is 11.4 Å². The van der Waals surface area contributed by atoms with Crippen molar-refractivity contribution in [1.29, 1.82) is 0 Å². The summed E-state index contributed by atoms with van der Waals surface area (Å²) < 4.78 is 19.8. The maximum Gasteiger partial charge on any atom is 0.243 e. The molecule has 2 aliphatic heterocycles. The molecule has 1 amide bonds. The van der Waals surface area contributed by atoms with Crippen LogP contribution in [0.2, 0.25) is 0 Å². The van der Waals surface area contributed by atoms with E-state index in [0.29, 0.717) is 5.56 Å². The highest BCUT2D eigenvalue weighted by Crippen LogP contribution is 2.49. The molecule has 108 valence electrons. The predicted molar refractivity (Wildman–Crippen MR) is 66.9 cm³/mol. The van der Waals surface area contributed by atoms with E-state index in [1.807, 2.05) is 0 Å². The third-order valence-electron chi connectivity index (χ3n) is 4.13. The lowest BCUT2D eigenvalue weighted by atomic mass is 9.78. The average Bonchev–Trinajstić information content (AvgIpc) is 2.95. The molecule has 2 fully saturated rings. The second-order valence-corrected chi connectivity index (χ2v) is 5.15. The maximum atomic E-state index is 14.2. The van der Waals surface area contributed by atoms with E-state index in [1.54, 1.807) is 18.2 Å². The first-order valence-electron chi connectivity index (χ1n) is 6.52. The number of carbonyl (C=O) groups excluding carboxylic acids is 1. The molecule has 1 N–H and O–H groups in total. The van der Waals surface area contributed by atoms with Crippen molar-refractivity contribution in [3.8, 4) is 0 Å². The summed E-state index contributed by atoms with van der Waals surface area (Å²) in [5, 5.41) is 10.6. The van der Waals surface area contributed by atoms with Gasteiger partial charge in [-0.15, -0.1) is 0 Å². The van der Waals surface area contributed by atoms with Gasteiger partial charge in [0.05, 0.1) is 25.9 Å². The number of hydroxylamine groups is 2. The Morgan fingerprint density at radius 2 is 2.30 bits per heavy atom. The van der Waals surface area contributed by atoms with Crippen molar-refractivity contribution in [2.24, 2.45) is 5.92 Å². The van der Waals surface area contributed by atoms with E-state index in [0.717, 1.165) is 0 Å². The largest absolute Gasteiger partial charge is 0.394 e. The standard InChI is InChI=1S/C14H16FNO4/c1-9(18)16-14(10-4-2-3-5-12(10)15)8-19-13(6-17)11(14)7-20-16/h2-5,11,13,17H,6-8H2,1H3/t11?,13-,14-/m1/s1. The number of benzene rings is 1. The van der Waals surface area contributed by atoms with E-state index < -0.39 is 17.5 Å². The van der Waals surface area contributed by atoms with Gasteiger partial charge in [0.2, 0.25) is 5.91 Å². The molecule has 6 heteroatoms. The molecular formula is C14H16FNO4. The summed E-state index contributed by atoms with van der Waals surface area (Å²) in [5.41, 5.74) is -0.626. The lowest BCUT2D eigenvalue weighted by Crippen LogP contribution is -2.48. The molecule has 1 unspecified atom stereocenters. The number of aliphatic hydroxyl groups excluding tert-OH is 1. The fourth-order valence-electron chi connectivity index (χ4n) is 3.24. The van der Waals surface area contributed by atoms with Gasteiger partial charge in [0.15, 0.2) is 0 Å². The van der Waals surface area contributed by atoms with E-state index in [2.05, 4.69) is 0 Å². The summed E-state index contributed by atoms with van der Waals surface area (Å²) in [4.78, 5) is 17.3. The van der Waals surface area contributed by atoms with Crippen molar-refractivity contribution >= 4 is 5.91 Å². The Kier molecular flexibility index (Phi) is 3.24. The summed E-state index contributed by atoms with van der Waals surface area (Å²) in [6.07, 6.45) is -0.459. The van der Waals surface area contributed by atoms with Gasteiger partial charge in [0, 0.05) is 18.4 Å². The van der Waals surface area contributed by atoms with Gasteiger partial charge in [-0.25, -0.2) is 9.45 Å². The first kappa shape index (κ1) is 13.5. The van der Waals surface area contributed by atoms with Gasteiger partial charge in [0.25, 0.3) is 0 Å². The van der Waals surface area contributed by atoms with Gasteiger partial charge < -0.3 is 9.84 Å². The van der Waals surface area contributed by atoms with Gasteiger partial charge in [-0.2, -0.15) is 0 Å². The van der Waals surface area contributed by atoms with Crippen LogP contribution in [0.1, 0.15) is 12.5 Å². The topological polar surface area (TPSA) is 59.0 Å². The maximum absolute atomic E-state index is 14.2. The number of carbonyl (C=O) groups is 1. The number of fused-ring (bicyclic) bond motifs is 1. The molecule has 3 rings (SSSR count). The van der Waals surface area contributed by atoms with E-state index in [1.165, 1.54) is 18.1 Å². The summed E-state index contributed by atoms with van der Waals surface area (Å²) in [7, 11) is 0. The SMILES string of the molecule is CC(=O)N1OCC2[C@@H](CO)OC[C@@]21c1ccccc1F. The third-order valence-corrected chi connectivity index (χ3v) is 4.13. The van der Waals surface area contributed by atoms with Crippen molar-refractivity contribution in [2.75, 3.05) is 19.8 Å². The Labute approximate surface area is 115 Å². The van der Waals surface area contributed by atoms with Crippen molar-refractivity contribution in [3.63, 3.8) is 0 Å². The molecule has 2 saturated heterocycles. The van der Waals surface area contributed by atoms with E-state index >= 15 is 0 Å². The minimum absolute atomic E-state index is 0.114. The molecule has 0 radical (unpaired) electrons. The molecule has 20 heavy (non-hydrogen) atoms. The smallest absolute Gasteiger partial charge is 0.243 e. The molecule has 1 aromatic rings. The van der Waals surface area contributed by atoms with Crippen LogP contribution in [0.15, 0.2) is 24.3 Å². The van der Waals surface area contributed by atoms with E-state index in [4.69, 9.17) is 9.57 Å². The highest BCUT2D eigenvalue weighted by atomic mass is 19.1. The molecule has 5 nitrogen and oxygen atoms in total. The zero-order chi connectivity index (χ0) is 14.3. The first-order chi connectivity index (χ1) is 9.61. The number of rotatable bonds is 2. The lowest BCUT2D eigenvalue weighted by Gasteiger charge is -2.34. The van der Waals surface area contributed by atoms with Gasteiger partial charge in [-0.1, -0.05) is 18.2 Å². The highest BCUT2D eigenvalue weighted by molar-refractivity contribution is 5.74. The normalized spacial score (nSPS) is 32.5. The quantitative estimate of drug-likeness (QED) is 0.872. The van der Waals surface area contributed by atoms with Crippen molar-refractivity contribution < 1.29 is 23.9 Å². The predicted octanol–water partition coefficient (Wildman–Crippen LogP) is 0.822. The number of halogens is 1. The second-order valence-electron chi connectivity index (χ2n) is 5.15. The fourth-order valence-corrected chi connectivity index (χ4v) is 3.24. The number of hydrogen-bond donors (Lipinski definition) is 1. The van der Waals surface area contributed by atoms with Crippen molar-refractivity contribution in [2.45, 2.75) is 18.6 Å². The van der Waals surface area contributed by atoms with Crippen LogP contribution < -0.4 is 0 Å². The van der Waals surface area contributed by atoms with Gasteiger partial charge in [-0.3, -0.25) is 9.63 Å². The fraction of sp³-hybridized carbons (Fsp3) is 0.500. The summed E-state index contributed by atoms with van der Waals surface area (Å²) >= 11 is 0. The highest BCUT2D eigenvalue weighted by Gasteiger charge is 2.61. The molecule has 2 aliphatic rings. The zero-order valence-corrected chi connectivity index (χ0v) is 11.1. The monoisotopic (exact) mass is 281 g/mol. The Bertz CT molecular complexity index is 538. The Morgan fingerprint density at radius 3 is 2.95 bits per heavy atom. The lowest BCUT2D eigenvalue weighted by molar-refractivity contribution is -0.194. The summed E-state index contributed by atoms with van der Waals surface area (Å²) in [5.74, 6) is -0.998. The minimum Gasteiger partial charge on any atom is -0.394 e. The number of hydrogen-bond acceptors (Lipinski definition) is 4. The van der Waals surface area contributed by atoms with Crippen LogP contribution in [0.3, 0.4) is 0 Å². The molecule has 2 heterocycles. The number of nitrogens with zero attached hydrogens (tertiary/aromatic N) is 1.